The Bertz CT molecular complexity index is 83.1. The zero-order valence-corrected chi connectivity index (χ0v) is 3.97. The maximum absolute atomic E-state index is 9.87. The average molecular weight is 101 g/mol. The lowest BCUT2D eigenvalue weighted by Crippen LogP contribution is -2.00. The Morgan fingerprint density at radius 3 is 2.00 bits per heavy atom. The molecule has 0 aromatic carbocycles. The minimum atomic E-state index is -1.06. The highest BCUT2D eigenvalue weighted by molar-refractivity contribution is 5.93. The summed E-state index contributed by atoms with van der Waals surface area (Å²) in [5.74, 6) is -1.37. The molecule has 0 heterocycles. The molecule has 40 valence electrons. The lowest BCUT2D eigenvalue weighted by atomic mass is 10.0. The third-order valence-corrected chi connectivity index (χ3v) is 0.400. The van der Waals surface area contributed by atoms with Gasteiger partial charge in [-0.05, 0) is 6.92 Å². The summed E-state index contributed by atoms with van der Waals surface area (Å²) in [7, 11) is 0. The van der Waals surface area contributed by atoms with Gasteiger partial charge in [0.25, 0.3) is 0 Å². The summed E-state index contributed by atoms with van der Waals surface area (Å²) >= 11 is 0. The summed E-state index contributed by atoms with van der Waals surface area (Å²) in [5.41, 5.74) is 0. The number of carbonyl (C=O) groups excluding carboxylic acids is 1. The van der Waals surface area contributed by atoms with E-state index < -0.39 is 5.97 Å². The number of carbonyl (C=O) groups is 2. The van der Waals surface area contributed by atoms with Crippen LogP contribution in [0.5, 0.6) is 0 Å². The van der Waals surface area contributed by atoms with E-state index in [0.29, 0.717) is 0 Å². The average Bonchev–Trinajstić information content (AvgIpc) is 1.27. The predicted molar refractivity (Wildman–Crippen MR) is 22.9 cm³/mol. The van der Waals surface area contributed by atoms with E-state index in [-0.39, 0.29) is 12.2 Å². The third kappa shape index (κ3) is 5.14. The van der Waals surface area contributed by atoms with Crippen molar-refractivity contribution in [2.45, 2.75) is 13.3 Å². The van der Waals surface area contributed by atoms with Crippen molar-refractivity contribution in [3.05, 3.63) is 0 Å². The largest absolute Gasteiger partial charge is 0.481 e. The molecule has 0 aromatic heterocycles. The van der Waals surface area contributed by atoms with Crippen LogP contribution in [0.3, 0.4) is 0 Å². The number of carboxylic acid groups (broad SMARTS) is 1. The van der Waals surface area contributed by atoms with Crippen LogP contribution in [-0.2, 0) is 9.59 Å². The molecular formula is C4H6O3. The first-order valence-electron chi connectivity index (χ1n) is 1.84. The van der Waals surface area contributed by atoms with Crippen molar-refractivity contribution in [3.63, 3.8) is 0 Å². The summed E-state index contributed by atoms with van der Waals surface area (Å²) in [6.45, 7) is 1.24. The fraction of sp³-hybridized carbons (Fsp3) is 0.500. The van der Waals surface area contributed by atoms with Gasteiger partial charge in [-0.15, -0.1) is 0 Å². The second-order valence-electron chi connectivity index (χ2n) is 1.27. The summed E-state index contributed by atoms with van der Waals surface area (Å²) in [6, 6.07) is 0. The lowest BCUT2D eigenvalue weighted by Gasteiger charge is -1.80. The highest BCUT2D eigenvalue weighted by atomic mass is 16.3. The number of hydrogen-bond acceptors (Lipinski definition) is 2. The first-order chi connectivity index (χ1) is 3.13. The Morgan fingerprint density at radius 1 is 1.57 bits per heavy atom. The van der Waals surface area contributed by atoms with Gasteiger partial charge in [-0.25, -0.2) is 0 Å². The summed E-state index contributed by atoms with van der Waals surface area (Å²) in [6.07, 6.45) is -0.361. The molecule has 0 fully saturated rings. The minimum absolute atomic E-state index is 0.312. The highest BCUT2D eigenvalue weighted by Crippen LogP contribution is 1.77. The van der Waals surface area contributed by atoms with Gasteiger partial charge in [-0.3, -0.25) is 9.59 Å². The van der Waals surface area contributed by atoms with Gasteiger partial charge in [0.15, 0.2) is 0 Å². The van der Waals surface area contributed by atoms with E-state index >= 15 is 0 Å². The maximum atomic E-state index is 9.87. The number of Topliss-reactive ketones (excluding diaryl/α,β-unsaturated/α-hetero) is 1. The number of rotatable bonds is 2. The topological polar surface area (TPSA) is 54.4 Å². The Labute approximate surface area is 41.0 Å². The van der Waals surface area contributed by atoms with Gasteiger partial charge in [0.2, 0.25) is 0 Å². The molecule has 0 saturated carbocycles. The Balaban J connectivity index is 3.32. The minimum Gasteiger partial charge on any atom is -0.481 e. The molecule has 0 radical (unpaired) electrons. The summed E-state index contributed by atoms with van der Waals surface area (Å²) in [4.78, 5) is 19.5. The van der Waals surface area contributed by atoms with E-state index in [1.165, 1.54) is 6.92 Å². The molecule has 0 rings (SSSR count). The monoisotopic (exact) mass is 101 g/mol. The number of hydrogen-bond donors (Lipinski definition) is 1. The van der Waals surface area contributed by atoms with Crippen LogP contribution >= 0.6 is 0 Å². The van der Waals surface area contributed by atoms with Crippen LogP contribution in [0.4, 0.5) is 0 Å². The van der Waals surface area contributed by atoms with Gasteiger partial charge >= 0.3 is 5.97 Å². The molecule has 0 bridgehead atoms. The summed E-state index contributed by atoms with van der Waals surface area (Å²) in [5, 5.41) is 7.86. The van der Waals surface area contributed by atoms with Gasteiger partial charge in [0.05, 0.1) is 0 Å². The first-order valence-corrected chi connectivity index (χ1v) is 1.84. The smallest absolute Gasteiger partial charge is 0.310 e. The van der Waals surface area contributed by atoms with Crippen molar-refractivity contribution in [1.29, 1.82) is 0 Å². The SMILES string of the molecule is CC(=O)C[11C](=O)O. The molecule has 0 unspecified atom stereocenters. The quantitative estimate of drug-likeness (QED) is 0.500. The third-order valence-electron chi connectivity index (χ3n) is 0.400. The Morgan fingerprint density at radius 2 is 2.00 bits per heavy atom. The standard InChI is InChI=1S/C4H6O3/c1-3(5)2-4(6)7/h2H2,1H3,(H,6,7)/i4-1. The van der Waals surface area contributed by atoms with E-state index in [0.717, 1.165) is 0 Å². The molecule has 0 saturated heterocycles. The first kappa shape index (κ1) is 6.14. The normalized spacial score (nSPS) is 8.14. The van der Waals surface area contributed by atoms with E-state index in [1.807, 2.05) is 0 Å². The van der Waals surface area contributed by atoms with Crippen LogP contribution in [0.2, 0.25) is 0 Å². The van der Waals surface area contributed by atoms with Gasteiger partial charge < -0.3 is 5.11 Å². The van der Waals surface area contributed by atoms with E-state index in [4.69, 9.17) is 5.11 Å². The van der Waals surface area contributed by atoms with Gasteiger partial charge in [0.1, 0.15) is 12.2 Å². The molecule has 1 N–H and O–H groups in total. The van der Waals surface area contributed by atoms with Crippen molar-refractivity contribution >= 4 is 11.8 Å². The van der Waals surface area contributed by atoms with Crippen LogP contribution < -0.4 is 0 Å². The molecule has 0 aliphatic heterocycles. The van der Waals surface area contributed by atoms with Gasteiger partial charge in [-0.2, -0.15) is 0 Å². The maximum Gasteiger partial charge on any atom is 0.310 e. The van der Waals surface area contributed by atoms with Crippen LogP contribution in [0, 0.1) is 0 Å². The molecule has 0 aliphatic rings. The fourth-order valence-electron chi connectivity index (χ4n) is 0.213. The van der Waals surface area contributed by atoms with Gasteiger partial charge in [-0.1, -0.05) is 0 Å². The molecule has 0 aromatic rings. The van der Waals surface area contributed by atoms with Crippen LogP contribution in [0.1, 0.15) is 13.3 Å². The van der Waals surface area contributed by atoms with Crippen LogP contribution in [-0.4, -0.2) is 16.9 Å². The van der Waals surface area contributed by atoms with Gasteiger partial charge in [0, 0.05) is 0 Å². The fourth-order valence-corrected chi connectivity index (χ4v) is 0.213. The van der Waals surface area contributed by atoms with Crippen molar-refractivity contribution in [2.75, 3.05) is 0 Å². The number of ketones is 1. The second kappa shape index (κ2) is 2.34. The van der Waals surface area contributed by atoms with Crippen molar-refractivity contribution in [2.24, 2.45) is 0 Å². The highest BCUT2D eigenvalue weighted by Gasteiger charge is 1.98. The Kier molecular flexibility index (Phi) is 2.05. The molecule has 0 spiro atoms. The molecule has 0 aliphatic carbocycles. The molecule has 3 heteroatoms. The molecule has 0 amide bonds. The zero-order valence-electron chi connectivity index (χ0n) is 3.97. The van der Waals surface area contributed by atoms with Crippen molar-refractivity contribution in [1.82, 2.24) is 0 Å². The van der Waals surface area contributed by atoms with Crippen molar-refractivity contribution < 1.29 is 14.7 Å². The molecule has 7 heavy (non-hydrogen) atoms. The number of carboxylic acids is 1. The molecule has 0 atom stereocenters. The predicted octanol–water partition coefficient (Wildman–Crippen LogP) is 0.0501. The Hall–Kier alpha value is -0.860. The summed E-state index contributed by atoms with van der Waals surface area (Å²) < 4.78 is 0. The van der Waals surface area contributed by atoms with E-state index in [2.05, 4.69) is 0 Å². The van der Waals surface area contributed by atoms with Crippen LogP contribution in [0.25, 0.3) is 0 Å². The number of aliphatic carboxylic acids is 1. The molecule has 3 nitrogen and oxygen atoms in total. The van der Waals surface area contributed by atoms with E-state index in [9.17, 15) is 9.59 Å². The van der Waals surface area contributed by atoms with E-state index in [1.54, 1.807) is 0 Å². The van der Waals surface area contributed by atoms with Crippen molar-refractivity contribution in [3.8, 4) is 0 Å². The lowest BCUT2D eigenvalue weighted by molar-refractivity contribution is -0.139. The van der Waals surface area contributed by atoms with Crippen LogP contribution in [0.15, 0.2) is 0 Å². The second-order valence-corrected chi connectivity index (χ2v) is 1.27. The zero-order chi connectivity index (χ0) is 5.86. The molecular weight excluding hydrogens is 95.0 g/mol.